The first-order chi connectivity index (χ1) is 8.70. The van der Waals surface area contributed by atoms with E-state index in [0.717, 1.165) is 5.56 Å². The zero-order valence-corrected chi connectivity index (χ0v) is 12.4. The maximum absolute atomic E-state index is 11.7. The number of hydrogen-bond acceptors (Lipinski definition) is 2. The van der Waals surface area contributed by atoms with E-state index >= 15 is 0 Å². The summed E-state index contributed by atoms with van der Waals surface area (Å²) in [4.78, 5) is 23.3. The van der Waals surface area contributed by atoms with E-state index in [9.17, 15) is 9.59 Å². The molecule has 5 heteroatoms. The van der Waals surface area contributed by atoms with Crippen molar-refractivity contribution in [2.45, 2.75) is 27.7 Å². The zero-order valence-electron chi connectivity index (χ0n) is 11.6. The lowest BCUT2D eigenvalue weighted by atomic mass is 9.96. The zero-order chi connectivity index (χ0) is 14.6. The lowest BCUT2D eigenvalue weighted by Crippen LogP contribution is -2.39. The monoisotopic (exact) mass is 282 g/mol. The average Bonchev–Trinajstić information content (AvgIpc) is 2.29. The van der Waals surface area contributed by atoms with Gasteiger partial charge in [-0.25, -0.2) is 0 Å². The van der Waals surface area contributed by atoms with Crippen molar-refractivity contribution in [3.63, 3.8) is 0 Å². The third-order valence-electron chi connectivity index (χ3n) is 2.55. The van der Waals surface area contributed by atoms with Crippen LogP contribution in [0.3, 0.4) is 0 Å². The van der Waals surface area contributed by atoms with Gasteiger partial charge in [0.2, 0.25) is 11.8 Å². The minimum Gasteiger partial charge on any atom is -0.347 e. The van der Waals surface area contributed by atoms with Gasteiger partial charge in [0, 0.05) is 16.1 Å². The van der Waals surface area contributed by atoms with Crippen LogP contribution in [0.15, 0.2) is 18.2 Å². The van der Waals surface area contributed by atoms with E-state index < -0.39 is 5.41 Å². The van der Waals surface area contributed by atoms with E-state index in [1.807, 2.05) is 13.0 Å². The van der Waals surface area contributed by atoms with Crippen molar-refractivity contribution < 1.29 is 9.59 Å². The van der Waals surface area contributed by atoms with Crippen LogP contribution in [0.5, 0.6) is 0 Å². The minimum atomic E-state index is -0.507. The molecule has 19 heavy (non-hydrogen) atoms. The second-order valence-corrected chi connectivity index (χ2v) is 5.85. The minimum absolute atomic E-state index is 0.0540. The third kappa shape index (κ3) is 4.91. The second kappa shape index (κ2) is 6.06. The number of benzene rings is 1. The van der Waals surface area contributed by atoms with Crippen LogP contribution in [0.1, 0.15) is 26.3 Å². The maximum Gasteiger partial charge on any atom is 0.243 e. The molecule has 0 bridgehead atoms. The van der Waals surface area contributed by atoms with Gasteiger partial charge in [0.1, 0.15) is 0 Å². The number of anilines is 1. The molecule has 0 aliphatic carbocycles. The Kier molecular flexibility index (Phi) is 4.95. The highest BCUT2D eigenvalue weighted by Crippen LogP contribution is 2.19. The first-order valence-corrected chi connectivity index (χ1v) is 6.42. The van der Waals surface area contributed by atoms with Gasteiger partial charge < -0.3 is 10.6 Å². The summed E-state index contributed by atoms with van der Waals surface area (Å²) >= 11 is 5.96. The molecule has 0 spiro atoms. The predicted octanol–water partition coefficient (Wildman–Crippen LogP) is 2.75. The molecule has 0 heterocycles. The van der Waals surface area contributed by atoms with Gasteiger partial charge in [-0.1, -0.05) is 38.4 Å². The quantitative estimate of drug-likeness (QED) is 0.896. The summed E-state index contributed by atoms with van der Waals surface area (Å²) < 4.78 is 0. The fraction of sp³-hybridized carbons (Fsp3) is 0.429. The lowest BCUT2D eigenvalue weighted by Gasteiger charge is -2.17. The molecular weight excluding hydrogens is 264 g/mol. The molecular formula is C14H19ClN2O2. The topological polar surface area (TPSA) is 58.2 Å². The fourth-order valence-electron chi connectivity index (χ4n) is 1.30. The summed E-state index contributed by atoms with van der Waals surface area (Å²) in [6.45, 7) is 7.21. The summed E-state index contributed by atoms with van der Waals surface area (Å²) in [5, 5.41) is 5.86. The molecule has 0 fully saturated rings. The number of nitrogens with one attached hydrogen (secondary N) is 2. The van der Waals surface area contributed by atoms with Gasteiger partial charge in [-0.05, 0) is 24.6 Å². The number of carbonyl (C=O) groups excluding carboxylic acids is 2. The van der Waals surface area contributed by atoms with Crippen LogP contribution in [0.2, 0.25) is 5.02 Å². The predicted molar refractivity (Wildman–Crippen MR) is 77.3 cm³/mol. The van der Waals surface area contributed by atoms with Gasteiger partial charge in [0.25, 0.3) is 0 Å². The molecule has 1 rings (SSSR count). The molecule has 0 aromatic heterocycles. The van der Waals surface area contributed by atoms with Crippen molar-refractivity contribution in [3.8, 4) is 0 Å². The van der Waals surface area contributed by atoms with Gasteiger partial charge >= 0.3 is 0 Å². The van der Waals surface area contributed by atoms with Crippen LogP contribution in [0.4, 0.5) is 5.69 Å². The Morgan fingerprint density at radius 3 is 2.42 bits per heavy atom. The third-order valence-corrected chi connectivity index (χ3v) is 2.95. The van der Waals surface area contributed by atoms with E-state index in [4.69, 9.17) is 11.6 Å². The molecule has 0 unspecified atom stereocenters. The molecule has 0 atom stereocenters. The normalized spacial score (nSPS) is 11.0. The molecule has 2 N–H and O–H groups in total. The average molecular weight is 283 g/mol. The number of rotatable bonds is 3. The highest BCUT2D eigenvalue weighted by molar-refractivity contribution is 6.31. The van der Waals surface area contributed by atoms with Crippen molar-refractivity contribution in [1.29, 1.82) is 0 Å². The van der Waals surface area contributed by atoms with E-state index in [-0.39, 0.29) is 18.4 Å². The van der Waals surface area contributed by atoms with Gasteiger partial charge in [-0.15, -0.1) is 0 Å². The van der Waals surface area contributed by atoms with Crippen molar-refractivity contribution >= 4 is 29.1 Å². The van der Waals surface area contributed by atoms with Crippen molar-refractivity contribution in [3.05, 3.63) is 28.8 Å². The standard InChI is InChI=1S/C14H19ClN2O2/c1-9-5-6-10(7-11(9)15)17-12(18)8-16-13(19)14(2,3)4/h5-7H,8H2,1-4H3,(H,16,19)(H,17,18). The number of aryl methyl sites for hydroxylation is 1. The number of amides is 2. The smallest absolute Gasteiger partial charge is 0.243 e. The lowest BCUT2D eigenvalue weighted by molar-refractivity contribution is -0.130. The molecule has 0 saturated carbocycles. The Labute approximate surface area is 118 Å². The highest BCUT2D eigenvalue weighted by atomic mass is 35.5. The van der Waals surface area contributed by atoms with Crippen molar-refractivity contribution in [1.82, 2.24) is 5.32 Å². The Bertz CT molecular complexity index is 493. The molecule has 4 nitrogen and oxygen atoms in total. The fourth-order valence-corrected chi connectivity index (χ4v) is 1.48. The SMILES string of the molecule is Cc1ccc(NC(=O)CNC(=O)C(C)(C)C)cc1Cl. The summed E-state index contributed by atoms with van der Waals surface area (Å²) in [6, 6.07) is 5.27. The van der Waals surface area contributed by atoms with Gasteiger partial charge in [-0.3, -0.25) is 9.59 Å². The molecule has 1 aromatic carbocycles. The van der Waals surface area contributed by atoms with Crippen LogP contribution in [-0.2, 0) is 9.59 Å². The molecule has 0 aliphatic heterocycles. The van der Waals surface area contributed by atoms with Crippen LogP contribution in [0.25, 0.3) is 0 Å². The molecule has 0 saturated heterocycles. The Morgan fingerprint density at radius 2 is 1.89 bits per heavy atom. The number of carbonyl (C=O) groups is 2. The summed E-state index contributed by atoms with van der Waals surface area (Å²) in [5.74, 6) is -0.442. The molecule has 1 aromatic rings. The second-order valence-electron chi connectivity index (χ2n) is 5.44. The highest BCUT2D eigenvalue weighted by Gasteiger charge is 2.21. The number of halogens is 1. The Balaban J connectivity index is 2.52. The van der Waals surface area contributed by atoms with Crippen LogP contribution < -0.4 is 10.6 Å². The molecule has 0 aliphatic rings. The first-order valence-electron chi connectivity index (χ1n) is 6.04. The summed E-state index contributed by atoms with van der Waals surface area (Å²) in [5.41, 5.74) is 1.05. The van der Waals surface area contributed by atoms with E-state index in [2.05, 4.69) is 10.6 Å². The first kappa shape index (κ1) is 15.5. The summed E-state index contributed by atoms with van der Waals surface area (Å²) in [6.07, 6.45) is 0. The summed E-state index contributed by atoms with van der Waals surface area (Å²) in [7, 11) is 0. The Hall–Kier alpha value is -1.55. The molecule has 104 valence electrons. The number of hydrogen-bond donors (Lipinski definition) is 2. The van der Waals surface area contributed by atoms with Gasteiger partial charge in [0.15, 0.2) is 0 Å². The molecule has 2 amide bonds. The van der Waals surface area contributed by atoms with E-state index in [1.165, 1.54) is 0 Å². The van der Waals surface area contributed by atoms with E-state index in [1.54, 1.807) is 32.9 Å². The van der Waals surface area contributed by atoms with Crippen LogP contribution in [0, 0.1) is 12.3 Å². The van der Waals surface area contributed by atoms with E-state index in [0.29, 0.717) is 10.7 Å². The van der Waals surface area contributed by atoms with Crippen molar-refractivity contribution in [2.75, 3.05) is 11.9 Å². The Morgan fingerprint density at radius 1 is 1.26 bits per heavy atom. The van der Waals surface area contributed by atoms with Gasteiger partial charge in [0.05, 0.1) is 6.54 Å². The van der Waals surface area contributed by atoms with Crippen molar-refractivity contribution in [2.24, 2.45) is 5.41 Å². The molecule has 0 radical (unpaired) electrons. The van der Waals surface area contributed by atoms with Gasteiger partial charge in [-0.2, -0.15) is 0 Å². The van der Waals surface area contributed by atoms with Crippen LogP contribution in [-0.4, -0.2) is 18.4 Å². The van der Waals surface area contributed by atoms with Crippen LogP contribution >= 0.6 is 11.6 Å². The maximum atomic E-state index is 11.7. The largest absolute Gasteiger partial charge is 0.347 e.